The van der Waals surface area contributed by atoms with Crippen LogP contribution in [0.25, 0.3) is 0 Å². The van der Waals surface area contributed by atoms with Gasteiger partial charge in [-0.1, -0.05) is 48.5 Å². The Morgan fingerprint density at radius 3 is 2.00 bits per heavy atom. The highest BCUT2D eigenvalue weighted by atomic mass is 32.1. The van der Waals surface area contributed by atoms with Crippen LogP contribution in [0, 0.1) is 0 Å². The summed E-state index contributed by atoms with van der Waals surface area (Å²) in [5, 5.41) is 2.53. The van der Waals surface area contributed by atoms with Crippen LogP contribution in [-0.4, -0.2) is 5.16 Å². The SMILES string of the molecule is S=C=NC1c2ccccc2Cc2ccccc21. The highest BCUT2D eigenvalue weighted by Gasteiger charge is 2.23. The van der Waals surface area contributed by atoms with Crippen molar-refractivity contribution >= 4 is 17.4 Å². The zero-order valence-corrected chi connectivity index (χ0v) is 10.1. The summed E-state index contributed by atoms with van der Waals surface area (Å²) in [6, 6.07) is 16.9. The van der Waals surface area contributed by atoms with Crippen LogP contribution in [0.2, 0.25) is 0 Å². The van der Waals surface area contributed by atoms with Gasteiger partial charge < -0.3 is 0 Å². The highest BCUT2D eigenvalue weighted by Crippen LogP contribution is 2.36. The summed E-state index contributed by atoms with van der Waals surface area (Å²) < 4.78 is 0. The molecule has 0 saturated heterocycles. The van der Waals surface area contributed by atoms with E-state index in [1.165, 1.54) is 22.3 Å². The average Bonchev–Trinajstić information content (AvgIpc) is 2.39. The number of rotatable bonds is 1. The maximum atomic E-state index is 4.77. The second-order valence-electron chi connectivity index (χ2n) is 4.20. The molecule has 17 heavy (non-hydrogen) atoms. The fraction of sp³-hybridized carbons (Fsp3) is 0.133. The normalized spacial score (nSPS) is 13.4. The fourth-order valence-electron chi connectivity index (χ4n) is 2.49. The average molecular weight is 237 g/mol. The lowest BCUT2D eigenvalue weighted by atomic mass is 9.83. The molecule has 2 heteroatoms. The highest BCUT2D eigenvalue weighted by molar-refractivity contribution is 7.78. The van der Waals surface area contributed by atoms with Gasteiger partial charge in [-0.2, -0.15) is 0 Å². The lowest BCUT2D eigenvalue weighted by Crippen LogP contribution is -2.11. The molecule has 0 heterocycles. The van der Waals surface area contributed by atoms with E-state index in [9.17, 15) is 0 Å². The third-order valence-electron chi connectivity index (χ3n) is 3.26. The number of aliphatic imine (C=N–C) groups is 1. The molecule has 0 fully saturated rings. The Labute approximate surface area is 106 Å². The largest absolute Gasteiger partial charge is 0.219 e. The summed E-state index contributed by atoms with van der Waals surface area (Å²) >= 11 is 4.77. The van der Waals surface area contributed by atoms with Crippen molar-refractivity contribution in [2.45, 2.75) is 12.5 Å². The van der Waals surface area contributed by atoms with Gasteiger partial charge >= 0.3 is 0 Å². The summed E-state index contributed by atoms with van der Waals surface area (Å²) in [7, 11) is 0. The van der Waals surface area contributed by atoms with Crippen molar-refractivity contribution in [1.82, 2.24) is 0 Å². The Balaban J connectivity index is 2.24. The van der Waals surface area contributed by atoms with Crippen LogP contribution in [0.15, 0.2) is 53.5 Å². The van der Waals surface area contributed by atoms with Crippen molar-refractivity contribution in [3.63, 3.8) is 0 Å². The monoisotopic (exact) mass is 237 g/mol. The zero-order chi connectivity index (χ0) is 11.7. The first kappa shape index (κ1) is 10.4. The predicted molar refractivity (Wildman–Crippen MR) is 72.6 cm³/mol. The number of isothiocyanates is 1. The number of hydrogen-bond donors (Lipinski definition) is 0. The molecule has 2 aromatic rings. The number of nitrogens with zero attached hydrogens (tertiary/aromatic N) is 1. The zero-order valence-electron chi connectivity index (χ0n) is 9.26. The van der Waals surface area contributed by atoms with Crippen LogP contribution < -0.4 is 0 Å². The Morgan fingerprint density at radius 2 is 1.47 bits per heavy atom. The minimum atomic E-state index is 0.0219. The van der Waals surface area contributed by atoms with Crippen LogP contribution in [0.4, 0.5) is 0 Å². The first-order valence-corrected chi connectivity index (χ1v) is 6.03. The van der Waals surface area contributed by atoms with Gasteiger partial charge in [0.15, 0.2) is 0 Å². The quantitative estimate of drug-likeness (QED) is 0.543. The molecule has 2 aromatic carbocycles. The maximum absolute atomic E-state index is 4.77. The summed E-state index contributed by atoms with van der Waals surface area (Å²) in [5.74, 6) is 0. The molecule has 0 N–H and O–H groups in total. The lowest BCUT2D eigenvalue weighted by Gasteiger charge is -2.24. The maximum Gasteiger partial charge on any atom is 0.111 e. The van der Waals surface area contributed by atoms with Gasteiger partial charge in [0.05, 0.1) is 5.16 Å². The van der Waals surface area contributed by atoms with E-state index in [1.54, 1.807) is 0 Å². The molecule has 1 nitrogen and oxygen atoms in total. The molecule has 0 spiro atoms. The van der Waals surface area contributed by atoms with E-state index in [1.807, 2.05) is 0 Å². The summed E-state index contributed by atoms with van der Waals surface area (Å²) in [4.78, 5) is 4.33. The van der Waals surface area contributed by atoms with Crippen LogP contribution >= 0.6 is 12.2 Å². The number of thiocarbonyl (C=S) groups is 1. The molecule has 0 bridgehead atoms. The molecule has 3 rings (SSSR count). The van der Waals surface area contributed by atoms with Crippen LogP contribution in [0.1, 0.15) is 28.3 Å². The molecular formula is C15H11NS. The third-order valence-corrected chi connectivity index (χ3v) is 3.37. The van der Waals surface area contributed by atoms with Crippen LogP contribution in [-0.2, 0) is 6.42 Å². The van der Waals surface area contributed by atoms with Gasteiger partial charge in [0.1, 0.15) is 6.04 Å². The first-order chi connectivity index (χ1) is 8.40. The molecule has 0 amide bonds. The molecule has 0 aliphatic heterocycles. The summed E-state index contributed by atoms with van der Waals surface area (Å²) in [6.07, 6.45) is 0.982. The van der Waals surface area contributed by atoms with Crippen LogP contribution in [0.3, 0.4) is 0 Å². The van der Waals surface area contributed by atoms with Gasteiger partial charge in [-0.15, -0.1) is 0 Å². The Hall–Kier alpha value is -1.76. The van der Waals surface area contributed by atoms with E-state index >= 15 is 0 Å². The second kappa shape index (κ2) is 4.25. The fourth-order valence-corrected chi connectivity index (χ4v) is 2.59. The molecule has 1 aliphatic rings. The minimum absolute atomic E-state index is 0.0219. The topological polar surface area (TPSA) is 12.4 Å². The molecule has 0 saturated carbocycles. The van der Waals surface area contributed by atoms with Crippen molar-refractivity contribution in [3.05, 3.63) is 70.8 Å². The molecule has 82 valence electrons. The van der Waals surface area contributed by atoms with Gasteiger partial charge in [-0.05, 0) is 40.9 Å². The first-order valence-electron chi connectivity index (χ1n) is 5.63. The molecule has 1 aliphatic carbocycles. The van der Waals surface area contributed by atoms with E-state index in [0.717, 1.165) is 6.42 Å². The number of hydrogen-bond acceptors (Lipinski definition) is 2. The van der Waals surface area contributed by atoms with Crippen molar-refractivity contribution in [1.29, 1.82) is 0 Å². The van der Waals surface area contributed by atoms with Crippen molar-refractivity contribution in [2.24, 2.45) is 4.99 Å². The van der Waals surface area contributed by atoms with Crippen molar-refractivity contribution in [3.8, 4) is 0 Å². The number of fused-ring (bicyclic) bond motifs is 2. The Kier molecular flexibility index (Phi) is 2.60. The van der Waals surface area contributed by atoms with E-state index < -0.39 is 0 Å². The summed E-state index contributed by atoms with van der Waals surface area (Å²) in [6.45, 7) is 0. The molecule has 0 radical (unpaired) electrons. The van der Waals surface area contributed by atoms with E-state index in [4.69, 9.17) is 12.2 Å². The second-order valence-corrected chi connectivity index (χ2v) is 4.38. The molecule has 0 atom stereocenters. The van der Waals surface area contributed by atoms with Gasteiger partial charge in [-0.3, -0.25) is 0 Å². The van der Waals surface area contributed by atoms with Crippen molar-refractivity contribution in [2.75, 3.05) is 0 Å². The molecule has 0 aromatic heterocycles. The van der Waals surface area contributed by atoms with Gasteiger partial charge in [0, 0.05) is 0 Å². The number of benzene rings is 2. The van der Waals surface area contributed by atoms with E-state index in [-0.39, 0.29) is 6.04 Å². The third kappa shape index (κ3) is 1.72. The van der Waals surface area contributed by atoms with E-state index in [0.29, 0.717) is 0 Å². The van der Waals surface area contributed by atoms with Crippen molar-refractivity contribution < 1.29 is 0 Å². The minimum Gasteiger partial charge on any atom is -0.219 e. The lowest BCUT2D eigenvalue weighted by molar-refractivity contribution is 0.816. The molecule has 0 unspecified atom stereocenters. The smallest absolute Gasteiger partial charge is 0.111 e. The summed E-state index contributed by atoms with van der Waals surface area (Å²) in [5.41, 5.74) is 5.18. The van der Waals surface area contributed by atoms with E-state index in [2.05, 4.69) is 58.7 Å². The van der Waals surface area contributed by atoms with Gasteiger partial charge in [-0.25, -0.2) is 4.99 Å². The standard InChI is InChI=1S/C15H11NS/c17-10-16-15-13-7-3-1-5-11(13)9-12-6-2-4-8-14(12)15/h1-8,15H,9H2. The van der Waals surface area contributed by atoms with Gasteiger partial charge in [0.25, 0.3) is 0 Å². The molecular weight excluding hydrogens is 226 g/mol. The van der Waals surface area contributed by atoms with Gasteiger partial charge in [0.2, 0.25) is 0 Å². The van der Waals surface area contributed by atoms with Crippen LogP contribution in [0.5, 0.6) is 0 Å². The Bertz CT molecular complexity index is 566. The predicted octanol–water partition coefficient (Wildman–Crippen LogP) is 3.78. The Morgan fingerprint density at radius 1 is 0.941 bits per heavy atom.